The highest BCUT2D eigenvalue weighted by Crippen LogP contribution is 2.32. The van der Waals surface area contributed by atoms with E-state index in [-0.39, 0.29) is 0 Å². The van der Waals surface area contributed by atoms with Gasteiger partial charge in [-0.2, -0.15) is 0 Å². The zero-order chi connectivity index (χ0) is 13.0. The van der Waals surface area contributed by atoms with Gasteiger partial charge >= 0.3 is 0 Å². The molecular formula is C14H19NO2S. The summed E-state index contributed by atoms with van der Waals surface area (Å²) in [6.07, 6.45) is 3.92. The Morgan fingerprint density at radius 3 is 2.83 bits per heavy atom. The van der Waals surface area contributed by atoms with Crippen molar-refractivity contribution < 1.29 is 9.47 Å². The maximum absolute atomic E-state index is 5.67. The first kappa shape index (κ1) is 13.3. The molecule has 4 heteroatoms. The average molecular weight is 265 g/mol. The maximum Gasteiger partial charge on any atom is 0.129 e. The third kappa shape index (κ3) is 3.68. The van der Waals surface area contributed by atoms with Gasteiger partial charge in [0.15, 0.2) is 0 Å². The molecule has 2 N–H and O–H groups in total. The summed E-state index contributed by atoms with van der Waals surface area (Å²) in [6, 6.07) is 5.81. The number of hydrogen-bond acceptors (Lipinski definition) is 3. The van der Waals surface area contributed by atoms with Crippen LogP contribution in [-0.4, -0.2) is 18.7 Å². The maximum atomic E-state index is 5.67. The van der Waals surface area contributed by atoms with Crippen LogP contribution in [0.3, 0.4) is 0 Å². The Morgan fingerprint density at radius 1 is 1.44 bits per heavy atom. The molecular weight excluding hydrogens is 246 g/mol. The summed E-state index contributed by atoms with van der Waals surface area (Å²) < 4.78 is 10.9. The molecule has 1 aromatic carbocycles. The second-order valence-electron chi connectivity index (χ2n) is 4.68. The fourth-order valence-corrected chi connectivity index (χ4v) is 2.04. The summed E-state index contributed by atoms with van der Waals surface area (Å²) in [6.45, 7) is 1.44. The summed E-state index contributed by atoms with van der Waals surface area (Å²) >= 11 is 5.01. The first-order valence-corrected chi connectivity index (χ1v) is 6.66. The molecule has 0 spiro atoms. The Bertz CT molecular complexity index is 430. The molecule has 0 aromatic heterocycles. The Morgan fingerprint density at radius 2 is 2.22 bits per heavy atom. The molecule has 0 radical (unpaired) electrons. The first-order valence-electron chi connectivity index (χ1n) is 6.25. The van der Waals surface area contributed by atoms with Crippen molar-refractivity contribution in [1.29, 1.82) is 0 Å². The second-order valence-corrected chi connectivity index (χ2v) is 5.12. The van der Waals surface area contributed by atoms with Crippen molar-refractivity contribution >= 4 is 17.2 Å². The van der Waals surface area contributed by atoms with Crippen LogP contribution >= 0.6 is 12.2 Å². The summed E-state index contributed by atoms with van der Waals surface area (Å²) in [5, 5.41) is 0. The number of benzene rings is 1. The number of hydrogen-bond donors (Lipinski definition) is 1. The Balaban J connectivity index is 1.90. The van der Waals surface area contributed by atoms with Gasteiger partial charge < -0.3 is 15.2 Å². The third-order valence-corrected chi connectivity index (χ3v) is 3.39. The van der Waals surface area contributed by atoms with Gasteiger partial charge in [-0.1, -0.05) is 31.1 Å². The van der Waals surface area contributed by atoms with E-state index in [0.29, 0.717) is 17.3 Å². The highest BCUT2D eigenvalue weighted by molar-refractivity contribution is 7.80. The minimum absolute atomic E-state index is 0.353. The molecule has 0 atom stereocenters. The van der Waals surface area contributed by atoms with Crippen LogP contribution in [0.1, 0.15) is 30.4 Å². The summed E-state index contributed by atoms with van der Waals surface area (Å²) in [7, 11) is 1.61. The van der Waals surface area contributed by atoms with Crippen molar-refractivity contribution in [3.63, 3.8) is 0 Å². The van der Waals surface area contributed by atoms with E-state index in [1.165, 1.54) is 19.3 Å². The van der Waals surface area contributed by atoms with Crippen molar-refractivity contribution in [1.82, 2.24) is 0 Å². The van der Waals surface area contributed by atoms with Crippen LogP contribution in [0.5, 0.6) is 5.75 Å². The van der Waals surface area contributed by atoms with Crippen LogP contribution < -0.4 is 10.5 Å². The molecule has 18 heavy (non-hydrogen) atoms. The van der Waals surface area contributed by atoms with E-state index >= 15 is 0 Å². The van der Waals surface area contributed by atoms with Crippen LogP contribution in [0.15, 0.2) is 18.2 Å². The van der Waals surface area contributed by atoms with Gasteiger partial charge in [0.25, 0.3) is 0 Å². The van der Waals surface area contributed by atoms with Crippen LogP contribution in [-0.2, 0) is 11.3 Å². The van der Waals surface area contributed by atoms with Crippen LogP contribution in [0.25, 0.3) is 0 Å². The molecule has 0 unspecified atom stereocenters. The number of rotatable bonds is 7. The lowest BCUT2D eigenvalue weighted by Crippen LogP contribution is -2.11. The van der Waals surface area contributed by atoms with E-state index in [4.69, 9.17) is 27.4 Å². The number of ether oxygens (including phenoxy) is 2. The number of thiocarbonyl (C=S) groups is 1. The lowest BCUT2D eigenvalue weighted by Gasteiger charge is -2.10. The van der Waals surface area contributed by atoms with E-state index in [2.05, 4.69) is 0 Å². The summed E-state index contributed by atoms with van der Waals surface area (Å²) in [4.78, 5) is 0.353. The normalized spacial score (nSPS) is 14.5. The van der Waals surface area contributed by atoms with Gasteiger partial charge in [-0.05, 0) is 30.0 Å². The van der Waals surface area contributed by atoms with Crippen molar-refractivity contribution in [2.24, 2.45) is 11.7 Å². The monoisotopic (exact) mass is 265 g/mol. The number of methoxy groups -OCH3 is 1. The Hall–Kier alpha value is -1.13. The van der Waals surface area contributed by atoms with E-state index in [0.717, 1.165) is 23.7 Å². The molecule has 0 heterocycles. The zero-order valence-corrected chi connectivity index (χ0v) is 11.5. The third-order valence-electron chi connectivity index (χ3n) is 3.17. The van der Waals surface area contributed by atoms with Crippen molar-refractivity contribution in [2.75, 3.05) is 13.7 Å². The Labute approximate surface area is 113 Å². The standard InChI is InChI=1S/C14H19NO2S/c1-16-13-5-4-11(8-12(13)14(15)18)9-17-7-6-10-2-3-10/h4-5,8,10H,2-3,6-7,9H2,1H3,(H2,15,18). The van der Waals surface area contributed by atoms with Crippen LogP contribution in [0.4, 0.5) is 0 Å². The molecule has 1 aromatic rings. The predicted molar refractivity (Wildman–Crippen MR) is 75.9 cm³/mol. The van der Waals surface area contributed by atoms with Gasteiger partial charge in [0.1, 0.15) is 10.7 Å². The second kappa shape index (κ2) is 6.16. The molecule has 0 bridgehead atoms. The SMILES string of the molecule is COc1ccc(COCCC2CC2)cc1C(N)=S. The molecule has 98 valence electrons. The molecule has 1 fully saturated rings. The molecule has 3 nitrogen and oxygen atoms in total. The highest BCUT2D eigenvalue weighted by Gasteiger charge is 2.20. The topological polar surface area (TPSA) is 44.5 Å². The van der Waals surface area contributed by atoms with Crippen molar-refractivity contribution in [2.45, 2.75) is 25.9 Å². The predicted octanol–water partition coefficient (Wildman–Crippen LogP) is 2.65. The van der Waals surface area contributed by atoms with Gasteiger partial charge in [-0.25, -0.2) is 0 Å². The van der Waals surface area contributed by atoms with Crippen LogP contribution in [0.2, 0.25) is 0 Å². The molecule has 1 saturated carbocycles. The van der Waals surface area contributed by atoms with Gasteiger partial charge in [-0.15, -0.1) is 0 Å². The lowest BCUT2D eigenvalue weighted by molar-refractivity contribution is 0.115. The largest absolute Gasteiger partial charge is 0.496 e. The minimum atomic E-state index is 0.353. The van der Waals surface area contributed by atoms with E-state index < -0.39 is 0 Å². The van der Waals surface area contributed by atoms with Crippen molar-refractivity contribution in [3.8, 4) is 5.75 Å². The molecule has 2 rings (SSSR count). The minimum Gasteiger partial charge on any atom is -0.496 e. The molecule has 0 saturated heterocycles. The fourth-order valence-electron chi connectivity index (χ4n) is 1.88. The Kier molecular flexibility index (Phi) is 4.55. The summed E-state index contributed by atoms with van der Waals surface area (Å²) in [5.41, 5.74) is 7.52. The van der Waals surface area contributed by atoms with Gasteiger partial charge in [0.2, 0.25) is 0 Å². The fraction of sp³-hybridized carbons (Fsp3) is 0.500. The molecule has 0 aliphatic heterocycles. The summed E-state index contributed by atoms with van der Waals surface area (Å²) in [5.74, 6) is 1.62. The van der Waals surface area contributed by atoms with E-state index in [1.807, 2.05) is 18.2 Å². The molecule has 1 aliphatic rings. The number of nitrogens with two attached hydrogens (primary N) is 1. The smallest absolute Gasteiger partial charge is 0.129 e. The van der Waals surface area contributed by atoms with E-state index in [9.17, 15) is 0 Å². The average Bonchev–Trinajstić information content (AvgIpc) is 3.18. The lowest BCUT2D eigenvalue weighted by atomic mass is 10.1. The highest BCUT2D eigenvalue weighted by atomic mass is 32.1. The van der Waals surface area contributed by atoms with E-state index in [1.54, 1.807) is 7.11 Å². The van der Waals surface area contributed by atoms with Gasteiger partial charge in [0, 0.05) is 6.61 Å². The van der Waals surface area contributed by atoms with Gasteiger partial charge in [0.05, 0.1) is 19.3 Å². The van der Waals surface area contributed by atoms with Crippen LogP contribution in [0, 0.1) is 5.92 Å². The quantitative estimate of drug-likeness (QED) is 0.608. The van der Waals surface area contributed by atoms with Gasteiger partial charge in [-0.3, -0.25) is 0 Å². The first-order chi connectivity index (χ1) is 8.70. The molecule has 0 amide bonds. The molecule has 1 aliphatic carbocycles. The zero-order valence-electron chi connectivity index (χ0n) is 10.6. The van der Waals surface area contributed by atoms with Crippen molar-refractivity contribution in [3.05, 3.63) is 29.3 Å².